The highest BCUT2D eigenvalue weighted by atomic mass is 32.2. The molecule has 0 bridgehead atoms. The van der Waals surface area contributed by atoms with E-state index < -0.39 is 6.10 Å². The molecule has 8 heteroatoms. The highest BCUT2D eigenvalue weighted by Gasteiger charge is 2.15. The van der Waals surface area contributed by atoms with Crippen LogP contribution in [0.2, 0.25) is 0 Å². The van der Waals surface area contributed by atoms with Gasteiger partial charge in [0.2, 0.25) is 5.16 Å². The number of thioether (sulfide) groups is 1. The van der Waals surface area contributed by atoms with E-state index in [0.29, 0.717) is 16.7 Å². The van der Waals surface area contributed by atoms with E-state index in [-0.39, 0.29) is 6.61 Å². The first kappa shape index (κ1) is 18.2. The van der Waals surface area contributed by atoms with Gasteiger partial charge in [-0.2, -0.15) is 4.68 Å². The largest absolute Gasteiger partial charge is 0.494 e. The SMILES string of the molecule is COc1ccc(C)cc1-n1nnnc1SCC(O)COc1ccccc1. The number of para-hydroxylation sites is 1. The Morgan fingerprint density at radius 2 is 2.00 bits per heavy atom. The molecular formula is C18H20N4O3S. The van der Waals surface area contributed by atoms with Crippen molar-refractivity contribution in [3.05, 3.63) is 54.1 Å². The average molecular weight is 372 g/mol. The number of hydrogen-bond donors (Lipinski definition) is 1. The number of nitrogens with zero attached hydrogens (tertiary/aromatic N) is 4. The summed E-state index contributed by atoms with van der Waals surface area (Å²) in [5.41, 5.74) is 1.83. The number of tetrazole rings is 1. The zero-order valence-corrected chi connectivity index (χ0v) is 15.4. The average Bonchev–Trinajstić information content (AvgIpc) is 3.14. The molecule has 136 valence electrons. The third-order valence-electron chi connectivity index (χ3n) is 3.59. The summed E-state index contributed by atoms with van der Waals surface area (Å²) in [6.07, 6.45) is -0.648. The third kappa shape index (κ3) is 4.53. The molecule has 0 aliphatic carbocycles. The molecule has 26 heavy (non-hydrogen) atoms. The molecular weight excluding hydrogens is 352 g/mol. The number of benzene rings is 2. The van der Waals surface area contributed by atoms with Crippen molar-refractivity contribution in [3.8, 4) is 17.2 Å². The number of methoxy groups -OCH3 is 1. The normalized spacial score (nSPS) is 12.0. The van der Waals surface area contributed by atoms with Crippen LogP contribution in [0.1, 0.15) is 5.56 Å². The molecule has 1 N–H and O–H groups in total. The molecule has 1 atom stereocenters. The number of rotatable bonds is 8. The van der Waals surface area contributed by atoms with Gasteiger partial charge in [0.05, 0.1) is 13.2 Å². The molecule has 1 heterocycles. The van der Waals surface area contributed by atoms with E-state index >= 15 is 0 Å². The van der Waals surface area contributed by atoms with Gasteiger partial charge in [0.15, 0.2) is 0 Å². The summed E-state index contributed by atoms with van der Waals surface area (Å²) in [6.45, 7) is 2.19. The molecule has 2 aromatic carbocycles. The summed E-state index contributed by atoms with van der Waals surface area (Å²) in [5, 5.41) is 22.6. The lowest BCUT2D eigenvalue weighted by molar-refractivity contribution is 0.126. The Morgan fingerprint density at radius 3 is 2.77 bits per heavy atom. The minimum atomic E-state index is -0.648. The molecule has 0 radical (unpaired) electrons. The molecule has 0 amide bonds. The van der Waals surface area contributed by atoms with Crippen LogP contribution >= 0.6 is 11.8 Å². The van der Waals surface area contributed by atoms with E-state index in [0.717, 1.165) is 17.0 Å². The molecule has 7 nitrogen and oxygen atoms in total. The second kappa shape index (κ2) is 8.68. The van der Waals surface area contributed by atoms with Gasteiger partial charge in [-0.05, 0) is 47.2 Å². The maximum Gasteiger partial charge on any atom is 0.214 e. The summed E-state index contributed by atoms with van der Waals surface area (Å²) < 4.78 is 12.6. The van der Waals surface area contributed by atoms with Crippen molar-refractivity contribution in [1.29, 1.82) is 0 Å². The summed E-state index contributed by atoms with van der Waals surface area (Å²) in [4.78, 5) is 0. The molecule has 0 fully saturated rings. The molecule has 0 spiro atoms. The van der Waals surface area contributed by atoms with Crippen molar-refractivity contribution in [3.63, 3.8) is 0 Å². The van der Waals surface area contributed by atoms with E-state index in [1.54, 1.807) is 11.8 Å². The van der Waals surface area contributed by atoms with Crippen molar-refractivity contribution in [2.45, 2.75) is 18.2 Å². The molecule has 0 saturated heterocycles. The van der Waals surface area contributed by atoms with Crippen LogP contribution in [0.5, 0.6) is 11.5 Å². The summed E-state index contributed by atoms with van der Waals surface area (Å²) in [7, 11) is 1.61. The van der Waals surface area contributed by atoms with E-state index in [4.69, 9.17) is 9.47 Å². The lowest BCUT2D eigenvalue weighted by atomic mass is 10.2. The quantitative estimate of drug-likeness (QED) is 0.608. The Labute approximate surface area is 155 Å². The second-order valence-electron chi connectivity index (χ2n) is 5.64. The van der Waals surface area contributed by atoms with Crippen molar-refractivity contribution in [2.75, 3.05) is 19.5 Å². The molecule has 1 aromatic heterocycles. The predicted octanol–water partition coefficient (Wildman–Crippen LogP) is 2.51. The van der Waals surface area contributed by atoms with E-state index in [2.05, 4.69) is 15.5 Å². The fourth-order valence-corrected chi connectivity index (χ4v) is 3.10. The minimum Gasteiger partial charge on any atom is -0.494 e. The van der Waals surface area contributed by atoms with Gasteiger partial charge in [0.1, 0.15) is 23.8 Å². The zero-order valence-electron chi connectivity index (χ0n) is 14.6. The van der Waals surface area contributed by atoms with Gasteiger partial charge in [0.25, 0.3) is 0 Å². The van der Waals surface area contributed by atoms with Gasteiger partial charge < -0.3 is 14.6 Å². The van der Waals surface area contributed by atoms with Gasteiger partial charge in [0, 0.05) is 5.75 Å². The fraction of sp³-hybridized carbons (Fsp3) is 0.278. The Morgan fingerprint density at radius 1 is 1.19 bits per heavy atom. The van der Waals surface area contributed by atoms with Gasteiger partial charge in [-0.3, -0.25) is 0 Å². The van der Waals surface area contributed by atoms with E-state index in [1.165, 1.54) is 11.8 Å². The molecule has 0 aliphatic heterocycles. The predicted molar refractivity (Wildman–Crippen MR) is 99.1 cm³/mol. The minimum absolute atomic E-state index is 0.201. The summed E-state index contributed by atoms with van der Waals surface area (Å²) in [6, 6.07) is 15.2. The van der Waals surface area contributed by atoms with Gasteiger partial charge in [-0.25, -0.2) is 0 Å². The number of aryl methyl sites for hydroxylation is 1. The topological polar surface area (TPSA) is 82.3 Å². The lowest BCUT2D eigenvalue weighted by Gasteiger charge is -2.13. The smallest absolute Gasteiger partial charge is 0.214 e. The molecule has 1 unspecified atom stereocenters. The van der Waals surface area contributed by atoms with Crippen molar-refractivity contribution >= 4 is 11.8 Å². The van der Waals surface area contributed by atoms with Crippen LogP contribution in [0.4, 0.5) is 0 Å². The van der Waals surface area contributed by atoms with Crippen LogP contribution in [-0.4, -0.2) is 50.9 Å². The maximum absolute atomic E-state index is 10.2. The molecule has 3 aromatic rings. The highest BCUT2D eigenvalue weighted by molar-refractivity contribution is 7.99. The van der Waals surface area contributed by atoms with Crippen LogP contribution in [0.25, 0.3) is 5.69 Å². The Kier molecular flexibility index (Phi) is 6.08. The third-order valence-corrected chi connectivity index (χ3v) is 4.66. The summed E-state index contributed by atoms with van der Waals surface area (Å²) in [5.74, 6) is 1.81. The second-order valence-corrected chi connectivity index (χ2v) is 6.62. The monoisotopic (exact) mass is 372 g/mol. The maximum atomic E-state index is 10.2. The van der Waals surface area contributed by atoms with Gasteiger partial charge in [-0.1, -0.05) is 36.0 Å². The molecule has 0 saturated carbocycles. The number of aliphatic hydroxyl groups excluding tert-OH is 1. The van der Waals surface area contributed by atoms with Crippen molar-refractivity contribution in [1.82, 2.24) is 20.2 Å². The van der Waals surface area contributed by atoms with E-state index in [1.807, 2.05) is 55.5 Å². The lowest BCUT2D eigenvalue weighted by Crippen LogP contribution is -2.20. The number of aromatic nitrogens is 4. The fourth-order valence-electron chi connectivity index (χ4n) is 2.31. The van der Waals surface area contributed by atoms with Gasteiger partial charge in [-0.15, -0.1) is 5.10 Å². The van der Waals surface area contributed by atoms with Crippen LogP contribution in [0.3, 0.4) is 0 Å². The van der Waals surface area contributed by atoms with Gasteiger partial charge >= 0.3 is 0 Å². The Balaban J connectivity index is 1.63. The van der Waals surface area contributed by atoms with Crippen LogP contribution in [0.15, 0.2) is 53.7 Å². The number of hydrogen-bond acceptors (Lipinski definition) is 7. The van der Waals surface area contributed by atoms with Crippen LogP contribution in [-0.2, 0) is 0 Å². The number of ether oxygens (including phenoxy) is 2. The van der Waals surface area contributed by atoms with Crippen molar-refractivity contribution < 1.29 is 14.6 Å². The standard InChI is InChI=1S/C18H20N4O3S/c1-13-8-9-17(24-2)16(10-13)22-18(19-20-21-22)26-12-14(23)11-25-15-6-4-3-5-7-15/h3-10,14,23H,11-12H2,1-2H3. The molecule has 3 rings (SSSR count). The van der Waals surface area contributed by atoms with Crippen LogP contribution in [0, 0.1) is 6.92 Å². The summed E-state index contributed by atoms with van der Waals surface area (Å²) >= 11 is 1.36. The Bertz CT molecular complexity index is 841. The number of aliphatic hydroxyl groups is 1. The van der Waals surface area contributed by atoms with E-state index in [9.17, 15) is 5.11 Å². The first-order chi connectivity index (χ1) is 12.7. The highest BCUT2D eigenvalue weighted by Crippen LogP contribution is 2.27. The van der Waals surface area contributed by atoms with Crippen molar-refractivity contribution in [2.24, 2.45) is 0 Å². The first-order valence-electron chi connectivity index (χ1n) is 8.09. The van der Waals surface area contributed by atoms with Crippen LogP contribution < -0.4 is 9.47 Å². The first-order valence-corrected chi connectivity index (χ1v) is 9.08. The zero-order chi connectivity index (χ0) is 18.4. The molecule has 0 aliphatic rings. The Hall–Kier alpha value is -2.58.